The molecule has 6 heteroatoms. The van der Waals surface area contributed by atoms with Crippen LogP contribution in [0.5, 0.6) is 0 Å². The van der Waals surface area contributed by atoms with Crippen LogP contribution in [0.3, 0.4) is 0 Å². The number of carbonyl (C=O) groups excluding carboxylic acids is 3. The summed E-state index contributed by atoms with van der Waals surface area (Å²) in [5, 5.41) is 2.83. The van der Waals surface area contributed by atoms with Crippen LogP contribution in [0.2, 0.25) is 0 Å². The lowest BCUT2D eigenvalue weighted by atomic mass is 10.1. The van der Waals surface area contributed by atoms with Crippen molar-refractivity contribution in [2.24, 2.45) is 0 Å². The Morgan fingerprint density at radius 3 is 1.45 bits per heavy atom. The van der Waals surface area contributed by atoms with Crippen LogP contribution >= 0.6 is 0 Å². The number of nitrogens with zero attached hydrogens (tertiary/aromatic N) is 2. The minimum Gasteiger partial charge on any atom is -0.335 e. The van der Waals surface area contributed by atoms with Crippen molar-refractivity contribution in [3.63, 3.8) is 0 Å². The molecule has 0 radical (unpaired) electrons. The van der Waals surface area contributed by atoms with E-state index in [9.17, 15) is 14.4 Å². The maximum absolute atomic E-state index is 12.8. The molecule has 1 aliphatic heterocycles. The number of rotatable bonds is 4. The molecule has 4 rings (SSSR count). The van der Waals surface area contributed by atoms with Crippen LogP contribution in [0.4, 0.5) is 5.69 Å². The summed E-state index contributed by atoms with van der Waals surface area (Å²) in [7, 11) is 0. The average molecular weight is 413 g/mol. The average Bonchev–Trinajstić information content (AvgIpc) is 2.85. The lowest BCUT2D eigenvalue weighted by Gasteiger charge is -2.35. The first-order valence-electron chi connectivity index (χ1n) is 10.2. The maximum Gasteiger partial charge on any atom is 0.255 e. The highest BCUT2D eigenvalue weighted by Gasteiger charge is 2.25. The molecular formula is C25H23N3O3. The van der Waals surface area contributed by atoms with Crippen LogP contribution in [0.1, 0.15) is 31.1 Å². The molecular weight excluding hydrogens is 390 g/mol. The van der Waals surface area contributed by atoms with Crippen LogP contribution in [-0.4, -0.2) is 53.7 Å². The lowest BCUT2D eigenvalue weighted by molar-refractivity contribution is 0.0535. The van der Waals surface area contributed by atoms with E-state index in [4.69, 9.17) is 0 Å². The summed E-state index contributed by atoms with van der Waals surface area (Å²) >= 11 is 0. The lowest BCUT2D eigenvalue weighted by Crippen LogP contribution is -2.50. The van der Waals surface area contributed by atoms with Gasteiger partial charge >= 0.3 is 0 Å². The van der Waals surface area contributed by atoms with Crippen molar-refractivity contribution in [2.75, 3.05) is 31.5 Å². The summed E-state index contributed by atoms with van der Waals surface area (Å²) in [6.07, 6.45) is 0. The van der Waals surface area contributed by atoms with Crippen molar-refractivity contribution in [1.29, 1.82) is 0 Å². The van der Waals surface area contributed by atoms with Gasteiger partial charge in [0.2, 0.25) is 0 Å². The van der Waals surface area contributed by atoms with Gasteiger partial charge in [0.1, 0.15) is 0 Å². The second-order valence-electron chi connectivity index (χ2n) is 7.35. The molecule has 156 valence electrons. The molecule has 1 fully saturated rings. The van der Waals surface area contributed by atoms with E-state index in [2.05, 4.69) is 5.32 Å². The normalized spacial score (nSPS) is 13.5. The molecule has 1 aliphatic rings. The van der Waals surface area contributed by atoms with Gasteiger partial charge < -0.3 is 15.1 Å². The van der Waals surface area contributed by atoms with Gasteiger partial charge in [-0.15, -0.1) is 0 Å². The van der Waals surface area contributed by atoms with E-state index in [0.29, 0.717) is 48.6 Å². The van der Waals surface area contributed by atoms with Crippen molar-refractivity contribution in [3.8, 4) is 0 Å². The summed E-state index contributed by atoms with van der Waals surface area (Å²) in [4.78, 5) is 41.2. The minimum atomic E-state index is -0.195. The quantitative estimate of drug-likeness (QED) is 0.711. The fourth-order valence-corrected chi connectivity index (χ4v) is 3.55. The minimum absolute atomic E-state index is 0.00814. The van der Waals surface area contributed by atoms with Gasteiger partial charge in [-0.3, -0.25) is 14.4 Å². The smallest absolute Gasteiger partial charge is 0.255 e. The van der Waals surface area contributed by atoms with E-state index in [-0.39, 0.29) is 17.7 Å². The van der Waals surface area contributed by atoms with Gasteiger partial charge in [-0.1, -0.05) is 36.4 Å². The van der Waals surface area contributed by atoms with Gasteiger partial charge in [-0.25, -0.2) is 0 Å². The summed E-state index contributed by atoms with van der Waals surface area (Å²) in [5.74, 6) is -0.280. The molecule has 0 aliphatic carbocycles. The van der Waals surface area contributed by atoms with Gasteiger partial charge in [0.25, 0.3) is 17.7 Å². The van der Waals surface area contributed by atoms with E-state index in [1.54, 1.807) is 58.3 Å². The van der Waals surface area contributed by atoms with Gasteiger partial charge in [0.15, 0.2) is 0 Å². The predicted molar refractivity (Wildman–Crippen MR) is 119 cm³/mol. The summed E-state index contributed by atoms with van der Waals surface area (Å²) in [6, 6.07) is 25.0. The van der Waals surface area contributed by atoms with E-state index in [1.165, 1.54) is 0 Å². The van der Waals surface area contributed by atoms with E-state index in [1.807, 2.05) is 36.4 Å². The Labute approximate surface area is 181 Å². The highest BCUT2D eigenvalue weighted by atomic mass is 16.2. The summed E-state index contributed by atoms with van der Waals surface area (Å²) in [6.45, 7) is 1.99. The van der Waals surface area contributed by atoms with Crippen molar-refractivity contribution in [1.82, 2.24) is 9.80 Å². The zero-order valence-electron chi connectivity index (χ0n) is 17.0. The molecule has 0 aromatic heterocycles. The Hall–Kier alpha value is -3.93. The van der Waals surface area contributed by atoms with Gasteiger partial charge in [-0.05, 0) is 48.5 Å². The first-order valence-corrected chi connectivity index (χ1v) is 10.2. The van der Waals surface area contributed by atoms with Gasteiger partial charge in [-0.2, -0.15) is 0 Å². The van der Waals surface area contributed by atoms with Gasteiger partial charge in [0.05, 0.1) is 0 Å². The van der Waals surface area contributed by atoms with Crippen LogP contribution in [0.15, 0.2) is 84.9 Å². The molecule has 0 bridgehead atoms. The Balaban J connectivity index is 1.33. The standard InChI is InChI=1S/C25H23N3O3/c29-23(19-7-3-1-4-8-19)26-22-13-11-21(12-14-22)25(31)28-17-15-27(16-18-28)24(30)20-9-5-2-6-10-20/h1-14H,15-18H2,(H,26,29). The Bertz CT molecular complexity index is 1060. The second-order valence-corrected chi connectivity index (χ2v) is 7.35. The van der Waals surface area contributed by atoms with Crippen LogP contribution in [0, 0.1) is 0 Å². The van der Waals surface area contributed by atoms with Crippen molar-refractivity contribution >= 4 is 23.4 Å². The summed E-state index contributed by atoms with van der Waals surface area (Å²) in [5.41, 5.74) is 2.42. The topological polar surface area (TPSA) is 69.7 Å². The fourth-order valence-electron chi connectivity index (χ4n) is 3.55. The van der Waals surface area contributed by atoms with E-state index in [0.717, 1.165) is 0 Å². The molecule has 3 amide bonds. The van der Waals surface area contributed by atoms with Crippen molar-refractivity contribution in [3.05, 3.63) is 102 Å². The second kappa shape index (κ2) is 9.26. The van der Waals surface area contributed by atoms with Crippen LogP contribution in [-0.2, 0) is 0 Å². The predicted octanol–water partition coefficient (Wildman–Crippen LogP) is 3.54. The number of hydrogen-bond acceptors (Lipinski definition) is 3. The highest BCUT2D eigenvalue weighted by Crippen LogP contribution is 2.15. The number of piperazine rings is 1. The molecule has 1 N–H and O–H groups in total. The van der Waals surface area contributed by atoms with Crippen LogP contribution < -0.4 is 5.32 Å². The molecule has 3 aromatic rings. The van der Waals surface area contributed by atoms with Gasteiger partial charge in [0, 0.05) is 48.6 Å². The maximum atomic E-state index is 12.8. The Kier molecular flexibility index (Phi) is 6.08. The fraction of sp³-hybridized carbons (Fsp3) is 0.160. The number of carbonyl (C=O) groups is 3. The Morgan fingerprint density at radius 1 is 0.548 bits per heavy atom. The SMILES string of the molecule is O=C(Nc1ccc(C(=O)N2CCN(C(=O)c3ccccc3)CC2)cc1)c1ccccc1. The number of hydrogen-bond donors (Lipinski definition) is 1. The van der Waals surface area contributed by atoms with E-state index < -0.39 is 0 Å². The number of benzene rings is 3. The third-order valence-corrected chi connectivity index (χ3v) is 5.30. The molecule has 0 unspecified atom stereocenters. The molecule has 0 atom stereocenters. The zero-order chi connectivity index (χ0) is 21.6. The van der Waals surface area contributed by atoms with Crippen molar-refractivity contribution < 1.29 is 14.4 Å². The largest absolute Gasteiger partial charge is 0.335 e. The first-order chi connectivity index (χ1) is 15.1. The van der Waals surface area contributed by atoms with Crippen molar-refractivity contribution in [2.45, 2.75) is 0 Å². The Morgan fingerprint density at radius 2 is 0.968 bits per heavy atom. The molecule has 31 heavy (non-hydrogen) atoms. The third kappa shape index (κ3) is 4.80. The molecule has 0 spiro atoms. The zero-order valence-corrected chi connectivity index (χ0v) is 17.0. The molecule has 0 saturated carbocycles. The number of nitrogens with one attached hydrogen (secondary N) is 1. The molecule has 1 saturated heterocycles. The summed E-state index contributed by atoms with van der Waals surface area (Å²) < 4.78 is 0. The highest BCUT2D eigenvalue weighted by molar-refractivity contribution is 6.04. The number of amides is 3. The molecule has 1 heterocycles. The molecule has 6 nitrogen and oxygen atoms in total. The van der Waals surface area contributed by atoms with Crippen LogP contribution in [0.25, 0.3) is 0 Å². The third-order valence-electron chi connectivity index (χ3n) is 5.30. The van der Waals surface area contributed by atoms with E-state index >= 15 is 0 Å². The number of anilines is 1. The molecule has 3 aromatic carbocycles. The monoisotopic (exact) mass is 413 g/mol. The first kappa shape index (κ1) is 20.3.